The molecule has 0 aliphatic heterocycles. The third-order valence-corrected chi connectivity index (χ3v) is 0.574. The first-order valence-corrected chi connectivity index (χ1v) is 2.23. The molecule has 0 bridgehead atoms. The van der Waals surface area contributed by atoms with Gasteiger partial charge in [-0.05, 0) is 0 Å². The monoisotopic (exact) mass is 120 g/mol. The molecule has 0 radical (unpaired) electrons. The number of nitrogens with one attached hydrogen (secondary N) is 1. The van der Waals surface area contributed by atoms with Crippen LogP contribution in [0.4, 0.5) is 4.79 Å². The molecule has 0 rings (SSSR count). The van der Waals surface area contributed by atoms with Crippen LogP contribution in [0.1, 0.15) is 0 Å². The first kappa shape index (κ1) is 6.29. The molecule has 7 heavy (non-hydrogen) atoms. The van der Waals surface area contributed by atoms with Crippen molar-refractivity contribution in [2.75, 3.05) is 7.05 Å². The molecule has 0 aliphatic carbocycles. The van der Waals surface area contributed by atoms with Crippen molar-refractivity contribution < 1.29 is 9.00 Å². The van der Waals surface area contributed by atoms with E-state index in [1.165, 1.54) is 7.05 Å². The SMILES string of the molecule is CNC(=O)N=S=O. The van der Waals surface area contributed by atoms with Gasteiger partial charge in [0.25, 0.3) is 0 Å². The molecular formula is C2H4N2O2S. The molecule has 0 aromatic heterocycles. The average Bonchev–Trinajstić information content (AvgIpc) is 1.68. The van der Waals surface area contributed by atoms with Crippen LogP contribution in [-0.4, -0.2) is 17.3 Å². The van der Waals surface area contributed by atoms with Gasteiger partial charge in [0, 0.05) is 7.05 Å². The van der Waals surface area contributed by atoms with Crippen LogP contribution in [0.5, 0.6) is 0 Å². The van der Waals surface area contributed by atoms with E-state index in [1.807, 2.05) is 0 Å². The Morgan fingerprint density at radius 1 is 1.86 bits per heavy atom. The van der Waals surface area contributed by atoms with Gasteiger partial charge in [-0.2, -0.15) is 4.21 Å². The molecule has 0 spiro atoms. The fraction of sp³-hybridized carbons (Fsp3) is 0.500. The van der Waals surface area contributed by atoms with Crippen molar-refractivity contribution in [3.63, 3.8) is 0 Å². The van der Waals surface area contributed by atoms with Crippen LogP contribution in [0.2, 0.25) is 0 Å². The highest BCUT2D eigenvalue weighted by atomic mass is 32.1. The van der Waals surface area contributed by atoms with Crippen LogP contribution >= 0.6 is 0 Å². The predicted octanol–water partition coefficient (Wildman–Crippen LogP) is -0.278. The summed E-state index contributed by atoms with van der Waals surface area (Å²) in [5, 5.41) is 2.14. The number of carbonyl (C=O) groups excluding carboxylic acids is 1. The summed E-state index contributed by atoms with van der Waals surface area (Å²) in [6.07, 6.45) is 0. The molecule has 1 N–H and O–H groups in total. The molecule has 40 valence electrons. The lowest BCUT2D eigenvalue weighted by molar-refractivity contribution is 0.251. The molecule has 2 amide bonds. The predicted molar refractivity (Wildman–Crippen MR) is 25.0 cm³/mol. The van der Waals surface area contributed by atoms with Crippen LogP contribution in [0.3, 0.4) is 0 Å². The van der Waals surface area contributed by atoms with E-state index in [0.717, 1.165) is 0 Å². The van der Waals surface area contributed by atoms with Crippen molar-refractivity contribution in [3.05, 3.63) is 0 Å². The van der Waals surface area contributed by atoms with Gasteiger partial charge in [-0.3, -0.25) is 0 Å². The summed E-state index contributed by atoms with van der Waals surface area (Å²) in [4.78, 5) is 9.91. The van der Waals surface area contributed by atoms with E-state index in [-0.39, 0.29) is 11.5 Å². The number of hydrogen-bond acceptors (Lipinski definition) is 2. The quantitative estimate of drug-likeness (QED) is 0.478. The second-order valence-electron chi connectivity index (χ2n) is 0.721. The summed E-state index contributed by atoms with van der Waals surface area (Å²) in [5.41, 5.74) is 0. The second kappa shape index (κ2) is 3.48. The number of urea groups is 1. The summed E-state index contributed by atoms with van der Waals surface area (Å²) in [7, 11) is 1.40. The maximum Gasteiger partial charge on any atom is 0.353 e. The first-order valence-electron chi connectivity index (χ1n) is 1.53. The summed E-state index contributed by atoms with van der Waals surface area (Å²) < 4.78 is 12.2. The lowest BCUT2D eigenvalue weighted by Gasteiger charge is -1.79. The highest BCUT2D eigenvalue weighted by molar-refractivity contribution is 7.55. The van der Waals surface area contributed by atoms with Gasteiger partial charge in [-0.15, -0.1) is 0 Å². The molecule has 5 heteroatoms. The lowest BCUT2D eigenvalue weighted by Crippen LogP contribution is -2.11. The zero-order valence-electron chi connectivity index (χ0n) is 3.67. The first-order chi connectivity index (χ1) is 3.31. The summed E-state index contributed by atoms with van der Waals surface area (Å²) in [6, 6.07) is -0.597. The third-order valence-electron chi connectivity index (χ3n) is 0.334. The van der Waals surface area contributed by atoms with Gasteiger partial charge in [0.2, 0.25) is 11.5 Å². The normalized spacial score (nSPS) is 7.00. The molecule has 4 nitrogen and oxygen atoms in total. The maximum atomic E-state index is 9.91. The minimum absolute atomic E-state index is 0.103. The van der Waals surface area contributed by atoms with Crippen LogP contribution < -0.4 is 5.32 Å². The summed E-state index contributed by atoms with van der Waals surface area (Å²) >= 11 is -0.103. The Morgan fingerprint density at radius 2 is 2.43 bits per heavy atom. The Kier molecular flexibility index (Phi) is 3.13. The van der Waals surface area contributed by atoms with Gasteiger partial charge in [0.15, 0.2) is 0 Å². The minimum Gasteiger partial charge on any atom is -0.338 e. The molecule has 0 fully saturated rings. The Labute approximate surface area is 44.2 Å². The molecule has 0 heterocycles. The van der Waals surface area contributed by atoms with Gasteiger partial charge in [0.05, 0.1) is 0 Å². The fourth-order valence-electron chi connectivity index (χ4n) is 0.0795. The zero-order valence-corrected chi connectivity index (χ0v) is 4.49. The fourth-order valence-corrected chi connectivity index (χ4v) is 0.238. The van der Waals surface area contributed by atoms with Crippen molar-refractivity contribution in [1.29, 1.82) is 0 Å². The van der Waals surface area contributed by atoms with E-state index >= 15 is 0 Å². The van der Waals surface area contributed by atoms with Crippen molar-refractivity contribution in [2.45, 2.75) is 0 Å². The lowest BCUT2D eigenvalue weighted by atomic mass is 11.0. The largest absolute Gasteiger partial charge is 0.353 e. The van der Waals surface area contributed by atoms with Crippen molar-refractivity contribution in [3.8, 4) is 0 Å². The standard InChI is InChI=1S/C2H4N2O2S/c1-3-2(5)4-7-6/h1H3,(H,3,5). The van der Waals surface area contributed by atoms with Crippen LogP contribution in [-0.2, 0) is 11.5 Å². The number of nitrogens with zero attached hydrogens (tertiary/aromatic N) is 1. The number of amides is 2. The molecule has 0 aliphatic rings. The van der Waals surface area contributed by atoms with Gasteiger partial charge in [-0.25, -0.2) is 4.79 Å². The Bertz CT molecular complexity index is 117. The van der Waals surface area contributed by atoms with E-state index in [1.54, 1.807) is 0 Å². The Morgan fingerprint density at radius 3 is 2.57 bits per heavy atom. The van der Waals surface area contributed by atoms with E-state index in [0.29, 0.717) is 0 Å². The number of rotatable bonds is 0. The highest BCUT2D eigenvalue weighted by Crippen LogP contribution is 1.64. The molecule has 0 saturated carbocycles. The topological polar surface area (TPSA) is 58.5 Å². The third kappa shape index (κ3) is 3.11. The van der Waals surface area contributed by atoms with Gasteiger partial charge >= 0.3 is 6.03 Å². The molecule has 0 unspecified atom stereocenters. The van der Waals surface area contributed by atoms with E-state index < -0.39 is 6.03 Å². The van der Waals surface area contributed by atoms with E-state index in [4.69, 9.17) is 0 Å². The van der Waals surface area contributed by atoms with Crippen LogP contribution in [0.15, 0.2) is 4.36 Å². The van der Waals surface area contributed by atoms with Gasteiger partial charge < -0.3 is 5.32 Å². The molecule has 0 atom stereocenters. The van der Waals surface area contributed by atoms with E-state index in [2.05, 4.69) is 9.68 Å². The molecule has 0 saturated heterocycles. The zero-order chi connectivity index (χ0) is 5.70. The summed E-state index contributed by atoms with van der Waals surface area (Å²) in [5.74, 6) is 0. The summed E-state index contributed by atoms with van der Waals surface area (Å²) in [6.45, 7) is 0. The second-order valence-corrected chi connectivity index (χ2v) is 1.05. The Balaban J connectivity index is 3.58. The van der Waals surface area contributed by atoms with Crippen molar-refractivity contribution in [2.24, 2.45) is 4.36 Å². The minimum atomic E-state index is -0.597. The molecule has 0 aromatic rings. The molecular weight excluding hydrogens is 116 g/mol. The van der Waals surface area contributed by atoms with Crippen molar-refractivity contribution >= 4 is 17.5 Å². The van der Waals surface area contributed by atoms with E-state index in [9.17, 15) is 9.00 Å². The van der Waals surface area contributed by atoms with Gasteiger partial charge in [0.1, 0.15) is 0 Å². The molecule has 0 aromatic carbocycles. The van der Waals surface area contributed by atoms with Crippen LogP contribution in [0.25, 0.3) is 0 Å². The number of carbonyl (C=O) groups is 1. The van der Waals surface area contributed by atoms with Gasteiger partial charge in [-0.1, -0.05) is 4.36 Å². The number of hydrogen-bond donors (Lipinski definition) is 1. The highest BCUT2D eigenvalue weighted by Gasteiger charge is 1.84. The van der Waals surface area contributed by atoms with Crippen LogP contribution in [0, 0.1) is 0 Å². The Hall–Kier alpha value is -0.710. The smallest absolute Gasteiger partial charge is 0.338 e. The maximum absolute atomic E-state index is 9.91. The van der Waals surface area contributed by atoms with Crippen molar-refractivity contribution in [1.82, 2.24) is 5.32 Å². The average molecular weight is 120 g/mol.